The van der Waals surface area contributed by atoms with Crippen LogP contribution in [0.2, 0.25) is 0 Å². The Bertz CT molecular complexity index is 543. The number of rotatable bonds is 3. The minimum Gasteiger partial charge on any atom is -0.478 e. The molecule has 0 bridgehead atoms. The van der Waals surface area contributed by atoms with Crippen LogP contribution in [0.5, 0.6) is 0 Å². The third-order valence-electron chi connectivity index (χ3n) is 2.80. The molecule has 2 rings (SSSR count). The number of aliphatic carboxylic acids is 1. The van der Waals surface area contributed by atoms with E-state index in [0.717, 1.165) is 6.08 Å². The molecule has 1 fully saturated rings. The van der Waals surface area contributed by atoms with E-state index in [1.807, 2.05) is 0 Å². The second-order valence-corrected chi connectivity index (χ2v) is 4.12. The van der Waals surface area contributed by atoms with E-state index in [4.69, 9.17) is 5.11 Å². The number of hydrogen-bond acceptors (Lipinski definition) is 3. The van der Waals surface area contributed by atoms with Crippen molar-refractivity contribution in [3.8, 4) is 0 Å². The van der Waals surface area contributed by atoms with Crippen LogP contribution in [0.1, 0.15) is 5.56 Å². The number of carboxylic acids is 1. The fourth-order valence-corrected chi connectivity index (χ4v) is 1.97. The van der Waals surface area contributed by atoms with E-state index in [9.17, 15) is 14.0 Å². The molecule has 0 aliphatic carbocycles. The molecule has 0 atom stereocenters. The van der Waals surface area contributed by atoms with E-state index < -0.39 is 11.8 Å². The molecule has 0 unspecified atom stereocenters. The lowest BCUT2D eigenvalue weighted by atomic mass is 10.1. The molecule has 1 saturated heterocycles. The summed E-state index contributed by atoms with van der Waals surface area (Å²) in [4.78, 5) is 23.6. The minimum atomic E-state index is -1.15. The molecule has 6 heteroatoms. The number of hydrogen-bond donors (Lipinski definition) is 2. The van der Waals surface area contributed by atoms with Crippen LogP contribution in [0.3, 0.4) is 0 Å². The fourth-order valence-electron chi connectivity index (χ4n) is 1.97. The number of piperazine rings is 1. The predicted molar refractivity (Wildman–Crippen MR) is 68.3 cm³/mol. The Kier molecular flexibility index (Phi) is 3.79. The Morgan fingerprint density at radius 2 is 2.26 bits per heavy atom. The van der Waals surface area contributed by atoms with Crippen molar-refractivity contribution < 1.29 is 19.1 Å². The maximum atomic E-state index is 13.8. The molecule has 5 nitrogen and oxygen atoms in total. The van der Waals surface area contributed by atoms with E-state index in [2.05, 4.69) is 5.32 Å². The maximum absolute atomic E-state index is 13.8. The Labute approximate surface area is 109 Å². The average Bonchev–Trinajstić information content (AvgIpc) is 2.37. The third-order valence-corrected chi connectivity index (χ3v) is 2.80. The van der Waals surface area contributed by atoms with Gasteiger partial charge in [0.05, 0.1) is 6.54 Å². The van der Waals surface area contributed by atoms with E-state index in [-0.39, 0.29) is 18.0 Å². The van der Waals surface area contributed by atoms with Crippen LogP contribution in [-0.2, 0) is 9.59 Å². The molecule has 1 aliphatic heterocycles. The van der Waals surface area contributed by atoms with Crippen LogP contribution < -0.4 is 10.2 Å². The van der Waals surface area contributed by atoms with Crippen LogP contribution in [0.15, 0.2) is 24.3 Å². The highest BCUT2D eigenvalue weighted by molar-refractivity contribution is 5.88. The Hall–Kier alpha value is -2.37. The Balaban J connectivity index is 2.36. The van der Waals surface area contributed by atoms with Crippen LogP contribution >= 0.6 is 0 Å². The molecule has 1 aromatic rings. The number of halogens is 1. The first-order valence-corrected chi connectivity index (χ1v) is 5.79. The van der Waals surface area contributed by atoms with Gasteiger partial charge in [-0.1, -0.05) is 6.07 Å². The average molecular weight is 264 g/mol. The molecule has 1 heterocycles. The van der Waals surface area contributed by atoms with Crippen molar-refractivity contribution in [2.75, 3.05) is 24.5 Å². The number of carbonyl (C=O) groups is 2. The van der Waals surface area contributed by atoms with Crippen LogP contribution in [0.4, 0.5) is 10.1 Å². The van der Waals surface area contributed by atoms with E-state index in [0.29, 0.717) is 18.8 Å². The zero-order chi connectivity index (χ0) is 13.8. The molecule has 100 valence electrons. The number of carboxylic acid groups (broad SMARTS) is 1. The molecule has 0 saturated carbocycles. The molecule has 0 spiro atoms. The highest BCUT2D eigenvalue weighted by Gasteiger charge is 2.19. The summed E-state index contributed by atoms with van der Waals surface area (Å²) in [6, 6.07) is 4.47. The first-order chi connectivity index (χ1) is 9.08. The van der Waals surface area contributed by atoms with Gasteiger partial charge in [0.1, 0.15) is 5.82 Å². The van der Waals surface area contributed by atoms with Gasteiger partial charge in [-0.15, -0.1) is 0 Å². The van der Waals surface area contributed by atoms with Gasteiger partial charge in [0, 0.05) is 30.4 Å². The SMILES string of the molecule is O=C(O)/C=C/c1c(F)cccc1N1CCNC(=O)C1. The highest BCUT2D eigenvalue weighted by atomic mass is 19.1. The third kappa shape index (κ3) is 3.09. The standard InChI is InChI=1S/C13H13FN2O3/c14-10-2-1-3-11(9(10)4-5-13(18)19)16-7-6-15-12(17)8-16/h1-5H,6-8H2,(H,15,17)(H,18,19)/b5-4+. The first kappa shape index (κ1) is 13.1. The van der Waals surface area contributed by atoms with Crippen molar-refractivity contribution in [2.24, 2.45) is 0 Å². The van der Waals surface area contributed by atoms with Crippen molar-refractivity contribution in [3.05, 3.63) is 35.7 Å². The predicted octanol–water partition coefficient (Wildman–Crippen LogP) is 0.860. The Morgan fingerprint density at radius 3 is 2.95 bits per heavy atom. The zero-order valence-electron chi connectivity index (χ0n) is 10.1. The number of anilines is 1. The van der Waals surface area contributed by atoms with Crippen molar-refractivity contribution in [1.29, 1.82) is 0 Å². The topological polar surface area (TPSA) is 69.6 Å². The summed E-state index contributed by atoms with van der Waals surface area (Å²) < 4.78 is 13.8. The van der Waals surface area contributed by atoms with Crippen molar-refractivity contribution in [1.82, 2.24) is 5.32 Å². The van der Waals surface area contributed by atoms with Crippen molar-refractivity contribution >= 4 is 23.6 Å². The van der Waals surface area contributed by atoms with Crippen LogP contribution in [-0.4, -0.2) is 36.6 Å². The summed E-state index contributed by atoms with van der Waals surface area (Å²) >= 11 is 0. The first-order valence-electron chi connectivity index (χ1n) is 5.79. The lowest BCUT2D eigenvalue weighted by molar-refractivity contribution is -0.131. The summed E-state index contributed by atoms with van der Waals surface area (Å²) in [5.74, 6) is -1.80. The lowest BCUT2D eigenvalue weighted by Crippen LogP contribution is -2.48. The van der Waals surface area contributed by atoms with E-state index >= 15 is 0 Å². The number of carbonyl (C=O) groups excluding carboxylic acids is 1. The number of benzene rings is 1. The molecular formula is C13H13FN2O3. The quantitative estimate of drug-likeness (QED) is 0.794. The van der Waals surface area contributed by atoms with Crippen molar-refractivity contribution in [3.63, 3.8) is 0 Å². The van der Waals surface area contributed by atoms with Gasteiger partial charge in [-0.3, -0.25) is 4.79 Å². The largest absolute Gasteiger partial charge is 0.478 e. The highest BCUT2D eigenvalue weighted by Crippen LogP contribution is 2.25. The van der Waals surface area contributed by atoms with Gasteiger partial charge < -0.3 is 15.3 Å². The van der Waals surface area contributed by atoms with Gasteiger partial charge in [-0.05, 0) is 18.2 Å². The summed E-state index contributed by atoms with van der Waals surface area (Å²) in [7, 11) is 0. The monoisotopic (exact) mass is 264 g/mol. The van der Waals surface area contributed by atoms with Gasteiger partial charge in [-0.2, -0.15) is 0 Å². The molecule has 0 aromatic heterocycles. The molecule has 1 aromatic carbocycles. The van der Waals surface area contributed by atoms with Crippen molar-refractivity contribution in [2.45, 2.75) is 0 Å². The second kappa shape index (κ2) is 5.51. The molecule has 19 heavy (non-hydrogen) atoms. The van der Waals surface area contributed by atoms with Gasteiger partial charge in [-0.25, -0.2) is 9.18 Å². The summed E-state index contributed by atoms with van der Waals surface area (Å²) in [5, 5.41) is 11.3. The summed E-state index contributed by atoms with van der Waals surface area (Å²) in [5.41, 5.74) is 0.701. The molecular weight excluding hydrogens is 251 g/mol. The van der Waals surface area contributed by atoms with Crippen LogP contribution in [0, 0.1) is 5.82 Å². The normalized spacial score (nSPS) is 15.6. The van der Waals surface area contributed by atoms with Gasteiger partial charge in [0.2, 0.25) is 5.91 Å². The zero-order valence-corrected chi connectivity index (χ0v) is 10.1. The summed E-state index contributed by atoms with van der Waals surface area (Å²) in [6.07, 6.45) is 2.09. The molecule has 1 amide bonds. The van der Waals surface area contributed by atoms with E-state index in [1.54, 1.807) is 11.0 Å². The Morgan fingerprint density at radius 1 is 1.47 bits per heavy atom. The van der Waals surface area contributed by atoms with Gasteiger partial charge in [0.25, 0.3) is 0 Å². The number of nitrogens with zero attached hydrogens (tertiary/aromatic N) is 1. The smallest absolute Gasteiger partial charge is 0.328 e. The summed E-state index contributed by atoms with van der Waals surface area (Å²) in [6.45, 7) is 1.18. The molecule has 2 N–H and O–H groups in total. The van der Waals surface area contributed by atoms with E-state index in [1.165, 1.54) is 18.2 Å². The maximum Gasteiger partial charge on any atom is 0.328 e. The second-order valence-electron chi connectivity index (χ2n) is 4.12. The molecule has 0 radical (unpaired) electrons. The lowest BCUT2D eigenvalue weighted by Gasteiger charge is -2.29. The molecule has 1 aliphatic rings. The number of amides is 1. The fraction of sp³-hybridized carbons (Fsp3) is 0.231. The van der Waals surface area contributed by atoms with Crippen LogP contribution in [0.25, 0.3) is 6.08 Å². The number of nitrogens with one attached hydrogen (secondary N) is 1. The van der Waals surface area contributed by atoms with Gasteiger partial charge in [0.15, 0.2) is 0 Å². The van der Waals surface area contributed by atoms with Gasteiger partial charge >= 0.3 is 5.97 Å². The minimum absolute atomic E-state index is 0.135.